The molecule has 0 spiro atoms. The molecule has 1 atom stereocenters. The summed E-state index contributed by atoms with van der Waals surface area (Å²) < 4.78 is 33.0. The van der Waals surface area contributed by atoms with E-state index in [1.807, 2.05) is 20.8 Å². The van der Waals surface area contributed by atoms with Crippen molar-refractivity contribution in [3.8, 4) is 0 Å². The molecule has 0 amide bonds. The average molecular weight is 368 g/mol. The van der Waals surface area contributed by atoms with Crippen molar-refractivity contribution in [2.75, 3.05) is 13.7 Å². The SMILES string of the molecule is COC(=O)C1(c2ccc(S(=O)(=O)NC(C)(CN)CC(C)C)cc2)CC1. The number of methoxy groups -OCH3 is 1. The highest BCUT2D eigenvalue weighted by Crippen LogP contribution is 2.49. The van der Waals surface area contributed by atoms with Crippen LogP contribution in [-0.2, 0) is 25.0 Å². The maximum Gasteiger partial charge on any atom is 0.316 e. The van der Waals surface area contributed by atoms with Crippen molar-refractivity contribution in [3.05, 3.63) is 29.8 Å². The summed E-state index contributed by atoms with van der Waals surface area (Å²) in [7, 11) is -2.32. The Bertz CT molecular complexity index is 724. The van der Waals surface area contributed by atoms with Crippen molar-refractivity contribution in [1.82, 2.24) is 4.72 Å². The Morgan fingerprint density at radius 1 is 1.32 bits per heavy atom. The summed E-state index contributed by atoms with van der Waals surface area (Å²) in [5, 5.41) is 0. The highest BCUT2D eigenvalue weighted by molar-refractivity contribution is 7.89. The summed E-state index contributed by atoms with van der Waals surface area (Å²) >= 11 is 0. The molecule has 6 nitrogen and oxygen atoms in total. The predicted molar refractivity (Wildman–Crippen MR) is 96.6 cm³/mol. The number of carbonyl (C=O) groups excluding carboxylic acids is 1. The van der Waals surface area contributed by atoms with Gasteiger partial charge in [0, 0.05) is 12.1 Å². The van der Waals surface area contributed by atoms with E-state index >= 15 is 0 Å². The molecule has 7 heteroatoms. The van der Waals surface area contributed by atoms with Crippen LogP contribution in [0.2, 0.25) is 0 Å². The Kier molecular flexibility index (Phi) is 5.61. The first kappa shape index (κ1) is 19.9. The van der Waals surface area contributed by atoms with Crippen LogP contribution in [0.5, 0.6) is 0 Å². The number of hydrogen-bond acceptors (Lipinski definition) is 5. The smallest absolute Gasteiger partial charge is 0.316 e. The second-order valence-electron chi connectivity index (χ2n) is 7.57. The van der Waals surface area contributed by atoms with Crippen LogP contribution in [0.25, 0.3) is 0 Å². The largest absolute Gasteiger partial charge is 0.468 e. The minimum Gasteiger partial charge on any atom is -0.468 e. The number of ether oxygens (including phenoxy) is 1. The molecule has 1 fully saturated rings. The van der Waals surface area contributed by atoms with E-state index in [1.165, 1.54) is 19.2 Å². The van der Waals surface area contributed by atoms with Crippen molar-refractivity contribution >= 4 is 16.0 Å². The minimum atomic E-state index is -3.69. The molecule has 1 aromatic rings. The van der Waals surface area contributed by atoms with Crippen LogP contribution in [-0.4, -0.2) is 33.6 Å². The van der Waals surface area contributed by atoms with Gasteiger partial charge in [0.25, 0.3) is 0 Å². The van der Waals surface area contributed by atoms with Crippen molar-refractivity contribution in [2.45, 2.75) is 55.9 Å². The standard InChI is InChI=1S/C18H28N2O4S/c1-13(2)11-17(3,12-19)20-25(22,23)15-7-5-14(6-8-15)18(9-10-18)16(21)24-4/h5-8,13,20H,9-12,19H2,1-4H3. The zero-order valence-corrected chi connectivity index (χ0v) is 16.2. The van der Waals surface area contributed by atoms with Gasteiger partial charge in [0.1, 0.15) is 0 Å². The van der Waals surface area contributed by atoms with Crippen LogP contribution in [0.1, 0.15) is 45.6 Å². The molecule has 1 aliphatic rings. The number of carbonyl (C=O) groups is 1. The van der Waals surface area contributed by atoms with Crippen molar-refractivity contribution in [1.29, 1.82) is 0 Å². The minimum absolute atomic E-state index is 0.167. The number of sulfonamides is 1. The van der Waals surface area contributed by atoms with Gasteiger partial charge in [0.2, 0.25) is 10.0 Å². The van der Waals surface area contributed by atoms with Gasteiger partial charge in [-0.05, 0) is 49.8 Å². The lowest BCUT2D eigenvalue weighted by Crippen LogP contribution is -2.51. The van der Waals surface area contributed by atoms with Gasteiger partial charge in [0.15, 0.2) is 0 Å². The average Bonchev–Trinajstić information content (AvgIpc) is 3.35. The fourth-order valence-corrected chi connectivity index (χ4v) is 4.76. The molecule has 0 saturated heterocycles. The summed E-state index contributed by atoms with van der Waals surface area (Å²) in [4.78, 5) is 12.1. The monoisotopic (exact) mass is 368 g/mol. The molecule has 1 saturated carbocycles. The summed E-state index contributed by atoms with van der Waals surface area (Å²) in [5.74, 6) is 0.0438. The molecule has 1 aromatic carbocycles. The van der Waals surface area contributed by atoms with Gasteiger partial charge in [-0.25, -0.2) is 13.1 Å². The van der Waals surface area contributed by atoms with Gasteiger partial charge in [-0.2, -0.15) is 0 Å². The summed E-state index contributed by atoms with van der Waals surface area (Å²) in [6, 6.07) is 6.46. The molecule has 1 aliphatic carbocycles. The Balaban J connectivity index is 2.22. The fraction of sp³-hybridized carbons (Fsp3) is 0.611. The number of nitrogens with one attached hydrogen (secondary N) is 1. The Hall–Kier alpha value is -1.44. The molecule has 0 aliphatic heterocycles. The Morgan fingerprint density at radius 3 is 2.28 bits per heavy atom. The molecule has 2 rings (SSSR count). The first-order chi connectivity index (χ1) is 11.6. The lowest BCUT2D eigenvalue weighted by molar-refractivity contribution is -0.143. The topological polar surface area (TPSA) is 98.5 Å². The second kappa shape index (κ2) is 7.05. The number of nitrogens with two attached hydrogens (primary N) is 1. The third-order valence-corrected chi connectivity index (χ3v) is 6.39. The van der Waals surface area contributed by atoms with Gasteiger partial charge in [-0.15, -0.1) is 0 Å². The number of rotatable bonds is 8. The van der Waals surface area contributed by atoms with Crippen molar-refractivity contribution in [2.24, 2.45) is 11.7 Å². The fourth-order valence-electron chi connectivity index (χ4n) is 3.34. The molecule has 0 bridgehead atoms. The summed E-state index contributed by atoms with van der Waals surface area (Å²) in [5.41, 5.74) is 5.29. The molecular weight excluding hydrogens is 340 g/mol. The van der Waals surface area contributed by atoms with Crippen molar-refractivity contribution < 1.29 is 17.9 Å². The zero-order chi connectivity index (χ0) is 18.9. The van der Waals surface area contributed by atoms with Crippen LogP contribution >= 0.6 is 0 Å². The molecule has 0 radical (unpaired) electrons. The van der Waals surface area contributed by atoms with Gasteiger partial charge >= 0.3 is 5.97 Å². The normalized spacial score (nSPS) is 18.6. The number of benzene rings is 1. The van der Waals surface area contributed by atoms with Crippen LogP contribution in [0.4, 0.5) is 0 Å². The third-order valence-electron chi connectivity index (χ3n) is 4.73. The molecular formula is C18H28N2O4S. The summed E-state index contributed by atoms with van der Waals surface area (Å²) in [6.45, 7) is 6.08. The van der Waals surface area contributed by atoms with Gasteiger partial charge in [-0.1, -0.05) is 26.0 Å². The van der Waals surface area contributed by atoms with Crippen LogP contribution in [0.3, 0.4) is 0 Å². The maximum atomic E-state index is 12.7. The second-order valence-corrected chi connectivity index (χ2v) is 9.25. The van der Waals surface area contributed by atoms with E-state index in [0.29, 0.717) is 12.3 Å². The molecule has 3 N–H and O–H groups in total. The van der Waals surface area contributed by atoms with Gasteiger partial charge in [0.05, 0.1) is 17.4 Å². The number of esters is 1. The maximum absolute atomic E-state index is 12.7. The van der Waals surface area contributed by atoms with E-state index in [2.05, 4.69) is 4.72 Å². The zero-order valence-electron chi connectivity index (χ0n) is 15.3. The van der Waals surface area contributed by atoms with E-state index in [9.17, 15) is 13.2 Å². The molecule has 0 heterocycles. The van der Waals surface area contributed by atoms with E-state index in [-0.39, 0.29) is 17.4 Å². The third kappa shape index (κ3) is 4.22. The van der Waals surface area contributed by atoms with E-state index in [0.717, 1.165) is 18.4 Å². The van der Waals surface area contributed by atoms with Crippen LogP contribution in [0, 0.1) is 5.92 Å². The quantitative estimate of drug-likeness (QED) is 0.683. The van der Waals surface area contributed by atoms with E-state index < -0.39 is 21.0 Å². The lowest BCUT2D eigenvalue weighted by atomic mass is 9.92. The Labute approximate surface area is 150 Å². The highest BCUT2D eigenvalue weighted by Gasteiger charge is 2.52. The van der Waals surface area contributed by atoms with Crippen LogP contribution < -0.4 is 10.5 Å². The first-order valence-corrected chi connectivity index (χ1v) is 10.00. The lowest BCUT2D eigenvalue weighted by Gasteiger charge is -2.30. The Morgan fingerprint density at radius 2 is 1.88 bits per heavy atom. The van der Waals surface area contributed by atoms with E-state index in [1.54, 1.807) is 12.1 Å². The first-order valence-electron chi connectivity index (χ1n) is 8.51. The molecule has 0 aromatic heterocycles. The van der Waals surface area contributed by atoms with Gasteiger partial charge in [-0.3, -0.25) is 4.79 Å². The highest BCUT2D eigenvalue weighted by atomic mass is 32.2. The van der Waals surface area contributed by atoms with E-state index in [4.69, 9.17) is 10.5 Å². The molecule has 25 heavy (non-hydrogen) atoms. The number of hydrogen-bond donors (Lipinski definition) is 2. The predicted octanol–water partition coefficient (Wildman–Crippen LogP) is 1.93. The van der Waals surface area contributed by atoms with Crippen molar-refractivity contribution in [3.63, 3.8) is 0 Å². The summed E-state index contributed by atoms with van der Waals surface area (Å²) in [6.07, 6.45) is 2.10. The van der Waals surface area contributed by atoms with Crippen LogP contribution in [0.15, 0.2) is 29.2 Å². The molecule has 140 valence electrons. The molecule has 1 unspecified atom stereocenters. The van der Waals surface area contributed by atoms with Gasteiger partial charge < -0.3 is 10.5 Å².